The Morgan fingerprint density at radius 2 is 1.89 bits per heavy atom. The van der Waals surface area contributed by atoms with Gasteiger partial charge >= 0.3 is 0 Å². The van der Waals surface area contributed by atoms with Gasteiger partial charge in [-0.15, -0.1) is 12.4 Å². The minimum absolute atomic E-state index is 0. The monoisotopic (exact) mass is 416 g/mol. The summed E-state index contributed by atoms with van der Waals surface area (Å²) >= 11 is 1.47. The van der Waals surface area contributed by atoms with Crippen LogP contribution in [0.4, 0.5) is 5.13 Å². The van der Waals surface area contributed by atoms with E-state index in [1.54, 1.807) is 36.3 Å². The molecule has 3 aromatic rings. The van der Waals surface area contributed by atoms with Crippen molar-refractivity contribution in [3.8, 4) is 11.8 Å². The first-order valence-electron chi connectivity index (χ1n) is 8.43. The molecule has 8 heteroatoms. The molecule has 0 saturated carbocycles. The minimum atomic E-state index is -0.132. The molecule has 0 N–H and O–H groups in total. The third-order valence-electron chi connectivity index (χ3n) is 4.09. The van der Waals surface area contributed by atoms with Crippen molar-refractivity contribution < 1.29 is 9.53 Å². The van der Waals surface area contributed by atoms with Gasteiger partial charge in [-0.1, -0.05) is 11.3 Å². The molecule has 0 spiro atoms. The number of carbonyl (C=O) groups excluding carboxylic acids is 1. The summed E-state index contributed by atoms with van der Waals surface area (Å²) in [6, 6.07) is 14.4. The zero-order valence-corrected chi connectivity index (χ0v) is 17.5. The maximum absolute atomic E-state index is 13.1. The van der Waals surface area contributed by atoms with Crippen LogP contribution in [0.3, 0.4) is 0 Å². The van der Waals surface area contributed by atoms with Crippen LogP contribution in [0.2, 0.25) is 0 Å². The molecule has 1 aromatic heterocycles. The predicted molar refractivity (Wildman–Crippen MR) is 115 cm³/mol. The second-order valence-corrected chi connectivity index (χ2v) is 7.29. The van der Waals surface area contributed by atoms with Gasteiger partial charge in [-0.3, -0.25) is 9.69 Å². The van der Waals surface area contributed by atoms with E-state index in [9.17, 15) is 4.79 Å². The van der Waals surface area contributed by atoms with Crippen molar-refractivity contribution in [2.24, 2.45) is 0 Å². The lowest BCUT2D eigenvalue weighted by Crippen LogP contribution is -2.36. The Kier molecular flexibility index (Phi) is 7.35. The third-order valence-corrected chi connectivity index (χ3v) is 5.15. The van der Waals surface area contributed by atoms with Crippen LogP contribution in [-0.2, 0) is 0 Å². The summed E-state index contributed by atoms with van der Waals surface area (Å²) in [5.41, 5.74) is 1.86. The summed E-state index contributed by atoms with van der Waals surface area (Å²) in [7, 11) is 5.55. The number of hydrogen-bond acceptors (Lipinski definition) is 6. The molecule has 0 aliphatic rings. The molecule has 2 aromatic carbocycles. The summed E-state index contributed by atoms with van der Waals surface area (Å²) in [5, 5.41) is 9.60. The van der Waals surface area contributed by atoms with Gasteiger partial charge in [0, 0.05) is 24.7 Å². The highest BCUT2D eigenvalue weighted by molar-refractivity contribution is 7.22. The first-order chi connectivity index (χ1) is 13.0. The van der Waals surface area contributed by atoms with Crippen molar-refractivity contribution in [3.63, 3.8) is 0 Å². The predicted octanol–water partition coefficient (Wildman–Crippen LogP) is 3.81. The van der Waals surface area contributed by atoms with Gasteiger partial charge in [-0.25, -0.2) is 4.98 Å². The van der Waals surface area contributed by atoms with Gasteiger partial charge < -0.3 is 9.64 Å². The van der Waals surface area contributed by atoms with Crippen LogP contribution in [0.15, 0.2) is 42.5 Å². The first kappa shape index (κ1) is 21.6. The molecule has 6 nitrogen and oxygen atoms in total. The number of thiazole rings is 1. The van der Waals surface area contributed by atoms with Gasteiger partial charge in [0.05, 0.1) is 29.0 Å². The van der Waals surface area contributed by atoms with Crippen molar-refractivity contribution in [2.75, 3.05) is 39.2 Å². The first-order valence-corrected chi connectivity index (χ1v) is 9.25. The lowest BCUT2D eigenvalue weighted by Gasteiger charge is -2.22. The summed E-state index contributed by atoms with van der Waals surface area (Å²) in [6.45, 7) is 1.23. The summed E-state index contributed by atoms with van der Waals surface area (Å²) in [5.74, 6) is 0.602. The molecule has 28 heavy (non-hydrogen) atoms. The number of carbonyl (C=O) groups is 1. The maximum atomic E-state index is 13.1. The number of ether oxygens (including phenoxy) is 1. The zero-order chi connectivity index (χ0) is 19.4. The van der Waals surface area contributed by atoms with Crippen LogP contribution >= 0.6 is 23.7 Å². The zero-order valence-electron chi connectivity index (χ0n) is 15.9. The average molecular weight is 417 g/mol. The highest BCUT2D eigenvalue weighted by Crippen LogP contribution is 2.31. The highest BCUT2D eigenvalue weighted by atomic mass is 35.5. The number of anilines is 1. The van der Waals surface area contributed by atoms with Gasteiger partial charge in [0.25, 0.3) is 5.91 Å². The van der Waals surface area contributed by atoms with E-state index >= 15 is 0 Å². The van der Waals surface area contributed by atoms with E-state index in [0.29, 0.717) is 29.3 Å². The number of rotatable bonds is 6. The van der Waals surface area contributed by atoms with E-state index in [0.717, 1.165) is 16.0 Å². The van der Waals surface area contributed by atoms with Gasteiger partial charge in [0.15, 0.2) is 5.13 Å². The molecular weight excluding hydrogens is 396 g/mol. The molecule has 0 atom stereocenters. The van der Waals surface area contributed by atoms with Crippen molar-refractivity contribution in [3.05, 3.63) is 53.6 Å². The molecule has 146 valence electrons. The van der Waals surface area contributed by atoms with E-state index in [1.165, 1.54) is 11.3 Å². The Morgan fingerprint density at radius 3 is 2.50 bits per heavy atom. The SMILES string of the molecule is COc1ccc2sc(N(CCN(C)C)C(=O)c3ccc(C#N)cc3)nc2c1.Cl. The van der Waals surface area contributed by atoms with Gasteiger partial charge in [0.1, 0.15) is 5.75 Å². The standard InChI is InChI=1S/C20H20N4O2S.ClH/c1-23(2)10-11-24(19(25)15-6-4-14(13-21)5-7-15)20-22-17-12-16(26-3)8-9-18(17)27-20;/h4-9,12H,10-11H2,1-3H3;1H. The lowest BCUT2D eigenvalue weighted by atomic mass is 10.1. The van der Waals surface area contributed by atoms with Crippen LogP contribution in [0, 0.1) is 11.3 Å². The Hall–Kier alpha value is -2.66. The van der Waals surface area contributed by atoms with Crippen LogP contribution < -0.4 is 9.64 Å². The minimum Gasteiger partial charge on any atom is -0.497 e. The fraction of sp³-hybridized carbons (Fsp3) is 0.250. The lowest BCUT2D eigenvalue weighted by molar-refractivity contribution is 0.0985. The second kappa shape index (κ2) is 9.51. The van der Waals surface area contributed by atoms with Crippen LogP contribution in [0.25, 0.3) is 10.2 Å². The van der Waals surface area contributed by atoms with E-state index < -0.39 is 0 Å². The van der Waals surface area contributed by atoms with Crippen LogP contribution in [0.5, 0.6) is 5.75 Å². The van der Waals surface area contributed by atoms with Crippen molar-refractivity contribution in [1.29, 1.82) is 5.26 Å². The summed E-state index contributed by atoms with van der Waals surface area (Å²) in [6.07, 6.45) is 0. The molecule has 0 aliphatic carbocycles. The molecule has 0 aliphatic heterocycles. The Morgan fingerprint density at radius 1 is 1.18 bits per heavy atom. The topological polar surface area (TPSA) is 69.5 Å². The molecule has 0 saturated heterocycles. The number of nitriles is 1. The number of amides is 1. The average Bonchev–Trinajstić information content (AvgIpc) is 3.10. The van der Waals surface area contributed by atoms with Crippen molar-refractivity contribution in [1.82, 2.24) is 9.88 Å². The fourth-order valence-electron chi connectivity index (χ4n) is 2.56. The number of halogens is 1. The number of benzene rings is 2. The fourth-order valence-corrected chi connectivity index (χ4v) is 3.54. The largest absolute Gasteiger partial charge is 0.497 e. The Bertz CT molecular complexity index is 996. The number of methoxy groups -OCH3 is 1. The molecule has 0 radical (unpaired) electrons. The van der Waals surface area contributed by atoms with Gasteiger partial charge in [-0.2, -0.15) is 5.26 Å². The summed E-state index contributed by atoms with van der Waals surface area (Å²) < 4.78 is 6.25. The van der Waals surface area contributed by atoms with Gasteiger partial charge in [0.2, 0.25) is 0 Å². The van der Waals surface area contributed by atoms with Crippen LogP contribution in [-0.4, -0.2) is 50.1 Å². The molecule has 1 heterocycles. The molecule has 0 fully saturated rings. The number of fused-ring (bicyclic) bond motifs is 1. The maximum Gasteiger partial charge on any atom is 0.260 e. The second-order valence-electron chi connectivity index (χ2n) is 6.28. The van der Waals surface area contributed by atoms with Crippen LogP contribution in [0.1, 0.15) is 15.9 Å². The van der Waals surface area contributed by atoms with E-state index in [2.05, 4.69) is 11.1 Å². The molecule has 0 bridgehead atoms. The molecular formula is C20H21ClN4O2S. The number of nitrogens with zero attached hydrogens (tertiary/aromatic N) is 4. The number of aromatic nitrogens is 1. The quantitative estimate of drug-likeness (QED) is 0.611. The van der Waals surface area contributed by atoms with E-state index in [-0.39, 0.29) is 18.3 Å². The number of likely N-dealkylation sites (N-methyl/N-ethyl adjacent to an activating group) is 1. The van der Waals surface area contributed by atoms with Gasteiger partial charge in [-0.05, 0) is 50.5 Å². The number of hydrogen-bond donors (Lipinski definition) is 0. The normalized spacial score (nSPS) is 10.4. The molecule has 0 unspecified atom stereocenters. The molecule has 1 amide bonds. The smallest absolute Gasteiger partial charge is 0.260 e. The Balaban J connectivity index is 0.00000280. The summed E-state index contributed by atoms with van der Waals surface area (Å²) in [4.78, 5) is 21.5. The van der Waals surface area contributed by atoms with Crippen molar-refractivity contribution in [2.45, 2.75) is 0 Å². The van der Waals surface area contributed by atoms with E-state index in [1.807, 2.05) is 37.2 Å². The highest BCUT2D eigenvalue weighted by Gasteiger charge is 2.21. The Labute approximate surface area is 174 Å². The molecule has 3 rings (SSSR count). The van der Waals surface area contributed by atoms with E-state index in [4.69, 9.17) is 10.00 Å². The van der Waals surface area contributed by atoms with Crippen molar-refractivity contribution >= 4 is 45.0 Å². The third kappa shape index (κ3) is 4.78.